The van der Waals surface area contributed by atoms with Crippen LogP contribution in [-0.4, -0.2) is 41.0 Å². The predicted octanol–water partition coefficient (Wildman–Crippen LogP) is 1.21. The molecule has 1 saturated heterocycles. The summed E-state index contributed by atoms with van der Waals surface area (Å²) in [6.07, 6.45) is -2.97. The summed E-state index contributed by atoms with van der Waals surface area (Å²) in [4.78, 5) is 24.8. The minimum Gasteiger partial charge on any atom is -0.344 e. The summed E-state index contributed by atoms with van der Waals surface area (Å²) in [5.74, 6) is -0.866. The molecule has 1 N–H and O–H groups in total. The third-order valence-corrected chi connectivity index (χ3v) is 4.27. The summed E-state index contributed by atoms with van der Waals surface area (Å²) in [5, 5.41) is 2.57. The number of nitrogens with one attached hydrogen (secondary N) is 1. The van der Waals surface area contributed by atoms with Gasteiger partial charge in [0, 0.05) is 13.0 Å². The van der Waals surface area contributed by atoms with E-state index in [1.54, 1.807) is 0 Å². The molecule has 106 valence electrons. The predicted molar refractivity (Wildman–Crippen MR) is 59.0 cm³/mol. The van der Waals surface area contributed by atoms with Crippen molar-refractivity contribution < 1.29 is 22.8 Å². The van der Waals surface area contributed by atoms with E-state index in [0.717, 1.165) is 17.7 Å². The number of alkyl halides is 3. The van der Waals surface area contributed by atoms with Crippen molar-refractivity contribution in [2.24, 2.45) is 5.92 Å². The lowest BCUT2D eigenvalue weighted by Gasteiger charge is -2.34. The van der Waals surface area contributed by atoms with Gasteiger partial charge in [-0.15, -0.1) is 0 Å². The Morgan fingerprint density at radius 2 is 1.84 bits per heavy atom. The van der Waals surface area contributed by atoms with Gasteiger partial charge in [0.15, 0.2) is 0 Å². The summed E-state index contributed by atoms with van der Waals surface area (Å²) >= 11 is 0. The normalized spacial score (nSPS) is 30.9. The zero-order chi connectivity index (χ0) is 13.8. The van der Waals surface area contributed by atoms with Crippen molar-refractivity contribution in [2.75, 3.05) is 6.54 Å². The SMILES string of the molecule is O=C1CCN(C2(C(F)(F)F)CC2)C(=O)C(C2CC2)N1. The highest BCUT2D eigenvalue weighted by Crippen LogP contribution is 2.54. The average molecular weight is 276 g/mol. The van der Waals surface area contributed by atoms with Crippen LogP contribution in [0.1, 0.15) is 32.1 Å². The fourth-order valence-corrected chi connectivity index (χ4v) is 2.80. The van der Waals surface area contributed by atoms with E-state index in [1.807, 2.05) is 0 Å². The van der Waals surface area contributed by atoms with Gasteiger partial charge in [-0.1, -0.05) is 0 Å². The molecule has 7 heteroatoms. The van der Waals surface area contributed by atoms with E-state index in [-0.39, 0.29) is 37.6 Å². The van der Waals surface area contributed by atoms with Gasteiger partial charge in [0.25, 0.3) is 0 Å². The molecule has 0 radical (unpaired) electrons. The number of rotatable bonds is 2. The molecule has 3 aliphatic rings. The highest BCUT2D eigenvalue weighted by molar-refractivity contribution is 5.91. The van der Waals surface area contributed by atoms with E-state index in [9.17, 15) is 22.8 Å². The summed E-state index contributed by atoms with van der Waals surface area (Å²) in [5.41, 5.74) is -2.01. The van der Waals surface area contributed by atoms with Crippen LogP contribution in [0.25, 0.3) is 0 Å². The number of carbonyl (C=O) groups is 2. The lowest BCUT2D eigenvalue weighted by atomic mass is 10.1. The molecule has 0 aromatic rings. The van der Waals surface area contributed by atoms with Gasteiger partial charge in [-0.25, -0.2) is 0 Å². The Morgan fingerprint density at radius 1 is 1.21 bits per heavy atom. The molecule has 0 aromatic carbocycles. The molecule has 2 amide bonds. The third-order valence-electron chi connectivity index (χ3n) is 4.27. The lowest BCUT2D eigenvalue weighted by Crippen LogP contribution is -2.55. The van der Waals surface area contributed by atoms with E-state index in [4.69, 9.17) is 0 Å². The van der Waals surface area contributed by atoms with Crippen LogP contribution in [0, 0.1) is 5.92 Å². The Balaban J connectivity index is 1.88. The van der Waals surface area contributed by atoms with Crippen molar-refractivity contribution in [1.82, 2.24) is 10.2 Å². The van der Waals surface area contributed by atoms with E-state index in [2.05, 4.69) is 5.32 Å². The number of amides is 2. The molecule has 4 nitrogen and oxygen atoms in total. The van der Waals surface area contributed by atoms with Gasteiger partial charge >= 0.3 is 6.18 Å². The summed E-state index contributed by atoms with van der Waals surface area (Å²) < 4.78 is 39.4. The Bertz CT molecular complexity index is 427. The molecule has 0 spiro atoms. The van der Waals surface area contributed by atoms with Crippen molar-refractivity contribution >= 4 is 11.8 Å². The summed E-state index contributed by atoms with van der Waals surface area (Å²) in [6, 6.07) is -0.755. The van der Waals surface area contributed by atoms with Crippen LogP contribution in [0.2, 0.25) is 0 Å². The van der Waals surface area contributed by atoms with Crippen molar-refractivity contribution in [3.63, 3.8) is 0 Å². The monoisotopic (exact) mass is 276 g/mol. The number of halogens is 3. The first-order valence-corrected chi connectivity index (χ1v) is 6.53. The second kappa shape index (κ2) is 3.86. The Morgan fingerprint density at radius 3 is 2.32 bits per heavy atom. The molecular formula is C12H15F3N2O2. The van der Waals surface area contributed by atoms with Gasteiger partial charge in [-0.05, 0) is 31.6 Å². The molecule has 1 unspecified atom stereocenters. The first kappa shape index (κ1) is 12.7. The van der Waals surface area contributed by atoms with Gasteiger partial charge in [-0.3, -0.25) is 9.59 Å². The Labute approximate surface area is 108 Å². The molecule has 2 saturated carbocycles. The standard InChI is InChI=1S/C12H15F3N2O2/c13-12(14,15)11(4-5-11)17-6-3-8(18)16-9(10(17)19)7-1-2-7/h7,9H,1-6H2,(H,16,18). The number of carbonyl (C=O) groups excluding carboxylic acids is 2. The van der Waals surface area contributed by atoms with Crippen molar-refractivity contribution in [3.05, 3.63) is 0 Å². The Hall–Kier alpha value is -1.27. The van der Waals surface area contributed by atoms with Gasteiger partial charge < -0.3 is 10.2 Å². The topological polar surface area (TPSA) is 49.4 Å². The van der Waals surface area contributed by atoms with E-state index >= 15 is 0 Å². The minimum atomic E-state index is -4.41. The highest BCUT2D eigenvalue weighted by atomic mass is 19.4. The molecule has 3 fully saturated rings. The molecule has 0 bridgehead atoms. The fraction of sp³-hybridized carbons (Fsp3) is 0.833. The van der Waals surface area contributed by atoms with Crippen molar-refractivity contribution in [3.8, 4) is 0 Å². The van der Waals surface area contributed by atoms with Crippen LogP contribution < -0.4 is 5.32 Å². The van der Waals surface area contributed by atoms with Gasteiger partial charge in [-0.2, -0.15) is 13.2 Å². The van der Waals surface area contributed by atoms with Crippen LogP contribution in [0.4, 0.5) is 13.2 Å². The van der Waals surface area contributed by atoms with Gasteiger partial charge in [0.1, 0.15) is 11.6 Å². The third kappa shape index (κ3) is 1.99. The van der Waals surface area contributed by atoms with E-state index in [1.165, 1.54) is 0 Å². The van der Waals surface area contributed by atoms with Crippen LogP contribution in [-0.2, 0) is 9.59 Å². The quantitative estimate of drug-likeness (QED) is 0.824. The molecule has 2 aliphatic carbocycles. The number of hydrogen-bond donors (Lipinski definition) is 1. The van der Waals surface area contributed by atoms with Crippen LogP contribution in [0.5, 0.6) is 0 Å². The minimum absolute atomic E-state index is 0.0149. The van der Waals surface area contributed by atoms with Crippen LogP contribution in [0.3, 0.4) is 0 Å². The first-order valence-electron chi connectivity index (χ1n) is 6.53. The first-order chi connectivity index (χ1) is 8.85. The largest absolute Gasteiger partial charge is 0.411 e. The van der Waals surface area contributed by atoms with Crippen LogP contribution >= 0.6 is 0 Å². The highest BCUT2D eigenvalue weighted by Gasteiger charge is 2.68. The maximum Gasteiger partial charge on any atom is 0.411 e. The fourth-order valence-electron chi connectivity index (χ4n) is 2.80. The smallest absolute Gasteiger partial charge is 0.344 e. The average Bonchev–Trinajstić information content (AvgIpc) is 3.13. The zero-order valence-electron chi connectivity index (χ0n) is 10.3. The van der Waals surface area contributed by atoms with Crippen LogP contribution in [0.15, 0.2) is 0 Å². The second-order valence-electron chi connectivity index (χ2n) is 5.65. The van der Waals surface area contributed by atoms with Crippen molar-refractivity contribution in [2.45, 2.75) is 49.9 Å². The molecule has 1 aliphatic heterocycles. The van der Waals surface area contributed by atoms with Gasteiger partial charge in [0.05, 0.1) is 0 Å². The molecular weight excluding hydrogens is 261 g/mol. The molecule has 3 rings (SSSR count). The molecule has 1 heterocycles. The summed E-state index contributed by atoms with van der Waals surface area (Å²) in [6.45, 7) is -0.132. The maximum absolute atomic E-state index is 13.1. The molecule has 19 heavy (non-hydrogen) atoms. The van der Waals surface area contributed by atoms with Crippen molar-refractivity contribution in [1.29, 1.82) is 0 Å². The molecule has 1 atom stereocenters. The Kier molecular flexibility index (Phi) is 2.59. The van der Waals surface area contributed by atoms with E-state index in [0.29, 0.717) is 0 Å². The molecule has 0 aromatic heterocycles. The van der Waals surface area contributed by atoms with Gasteiger partial charge in [0.2, 0.25) is 11.8 Å². The number of hydrogen-bond acceptors (Lipinski definition) is 2. The van der Waals surface area contributed by atoms with E-state index < -0.39 is 23.7 Å². The lowest BCUT2D eigenvalue weighted by molar-refractivity contribution is -0.200. The summed E-state index contributed by atoms with van der Waals surface area (Å²) in [7, 11) is 0. The second-order valence-corrected chi connectivity index (χ2v) is 5.65. The zero-order valence-corrected chi connectivity index (χ0v) is 10.3. The number of nitrogens with zero attached hydrogens (tertiary/aromatic N) is 1. The maximum atomic E-state index is 13.1.